The van der Waals surface area contributed by atoms with Gasteiger partial charge in [0.05, 0.1) is 26.4 Å². The van der Waals surface area contributed by atoms with Crippen LogP contribution in [-0.4, -0.2) is 39.5 Å². The molecular formula is C31H42N2O4. The summed E-state index contributed by atoms with van der Waals surface area (Å²) >= 11 is 0. The molecule has 6 heteroatoms. The van der Waals surface area contributed by atoms with Crippen LogP contribution in [0.1, 0.15) is 77.0 Å². The van der Waals surface area contributed by atoms with Crippen molar-refractivity contribution in [3.8, 4) is 23.0 Å². The molecule has 6 nitrogen and oxygen atoms in total. The van der Waals surface area contributed by atoms with Crippen molar-refractivity contribution < 1.29 is 18.9 Å². The number of hydrogen-bond donors (Lipinski definition) is 0. The van der Waals surface area contributed by atoms with Gasteiger partial charge in [0.15, 0.2) is 0 Å². The molecule has 0 amide bonds. The van der Waals surface area contributed by atoms with E-state index >= 15 is 0 Å². The summed E-state index contributed by atoms with van der Waals surface area (Å²) in [7, 11) is 0. The maximum Gasteiger partial charge on any atom is 0.209 e. The van der Waals surface area contributed by atoms with Crippen LogP contribution in [0.5, 0.6) is 23.0 Å². The molecule has 2 radical (unpaired) electrons. The van der Waals surface area contributed by atoms with Crippen molar-refractivity contribution in [2.24, 2.45) is 0 Å². The molecule has 1 fully saturated rings. The minimum absolute atomic E-state index is 0.720. The van der Waals surface area contributed by atoms with E-state index in [1.54, 1.807) is 0 Å². The Kier molecular flexibility index (Phi) is 9.57. The quantitative estimate of drug-likeness (QED) is 0.375. The third-order valence-corrected chi connectivity index (χ3v) is 7.36. The second kappa shape index (κ2) is 13.7. The van der Waals surface area contributed by atoms with E-state index in [2.05, 4.69) is 40.7 Å². The minimum atomic E-state index is 0.720. The molecule has 37 heavy (non-hydrogen) atoms. The SMILES string of the molecule is [C]1N2CCN1c1c3cccc1OCCCCCCCCOc1cccc(c12)OCCCCCCCCO3. The average molecular weight is 507 g/mol. The Morgan fingerprint density at radius 3 is 1.05 bits per heavy atom. The second-order valence-electron chi connectivity index (χ2n) is 10.2. The van der Waals surface area contributed by atoms with Crippen LogP contribution in [-0.2, 0) is 0 Å². The molecule has 3 heterocycles. The smallest absolute Gasteiger partial charge is 0.209 e. The fourth-order valence-electron chi connectivity index (χ4n) is 5.32. The van der Waals surface area contributed by atoms with E-state index in [-0.39, 0.29) is 0 Å². The largest absolute Gasteiger partial charge is 0.491 e. The van der Waals surface area contributed by atoms with E-state index in [0.29, 0.717) is 0 Å². The normalized spacial score (nSPS) is 20.2. The van der Waals surface area contributed by atoms with Crippen LogP contribution >= 0.6 is 0 Å². The van der Waals surface area contributed by atoms with Crippen LogP contribution in [0.4, 0.5) is 11.4 Å². The summed E-state index contributed by atoms with van der Waals surface area (Å²) in [5.74, 6) is 3.48. The van der Waals surface area contributed by atoms with Gasteiger partial charge in [-0.2, -0.15) is 0 Å². The van der Waals surface area contributed by atoms with Gasteiger partial charge in [-0.3, -0.25) is 0 Å². The van der Waals surface area contributed by atoms with Crippen molar-refractivity contribution in [3.05, 3.63) is 43.1 Å². The molecule has 0 aliphatic carbocycles. The number of nitrogens with zero attached hydrogens (tertiary/aromatic N) is 2. The van der Waals surface area contributed by atoms with Crippen LogP contribution in [0, 0.1) is 6.67 Å². The van der Waals surface area contributed by atoms with Gasteiger partial charge in [-0.25, -0.2) is 0 Å². The number of ether oxygens (including phenoxy) is 4. The molecule has 0 atom stereocenters. The van der Waals surface area contributed by atoms with Gasteiger partial charge in [-0.05, 0) is 49.9 Å². The summed E-state index contributed by atoms with van der Waals surface area (Å²) < 4.78 is 25.4. The lowest BCUT2D eigenvalue weighted by atomic mass is 10.1. The number of hydrogen-bond acceptors (Lipinski definition) is 6. The zero-order chi connectivity index (χ0) is 25.1. The third-order valence-electron chi connectivity index (χ3n) is 7.36. The van der Waals surface area contributed by atoms with Crippen LogP contribution in [0.3, 0.4) is 0 Å². The summed E-state index contributed by atoms with van der Waals surface area (Å²) in [6.45, 7) is 8.06. The summed E-state index contributed by atoms with van der Waals surface area (Å²) in [6.07, 6.45) is 13.9. The molecule has 3 aliphatic heterocycles. The molecule has 2 aromatic rings. The Balaban J connectivity index is 1.49. The fraction of sp³-hybridized carbons (Fsp3) is 0.581. The molecule has 5 rings (SSSR count). The van der Waals surface area contributed by atoms with E-state index in [1.807, 2.05) is 12.1 Å². The third kappa shape index (κ3) is 6.97. The Bertz CT molecular complexity index is 844. The van der Waals surface area contributed by atoms with Crippen LogP contribution in [0.25, 0.3) is 0 Å². The highest BCUT2D eigenvalue weighted by Crippen LogP contribution is 2.45. The lowest BCUT2D eigenvalue weighted by Gasteiger charge is -2.26. The van der Waals surface area contributed by atoms with Gasteiger partial charge in [-0.1, -0.05) is 63.5 Å². The summed E-state index contributed by atoms with van der Waals surface area (Å²) in [6, 6.07) is 12.3. The summed E-state index contributed by atoms with van der Waals surface area (Å²) in [5, 5.41) is 0. The van der Waals surface area contributed by atoms with Gasteiger partial charge >= 0.3 is 0 Å². The molecule has 0 saturated carbocycles. The van der Waals surface area contributed by atoms with Crippen LogP contribution in [0.15, 0.2) is 36.4 Å². The maximum atomic E-state index is 6.36. The van der Waals surface area contributed by atoms with Crippen molar-refractivity contribution in [1.29, 1.82) is 0 Å². The Labute approximate surface area is 222 Å². The molecule has 0 aromatic heterocycles. The van der Waals surface area contributed by atoms with Gasteiger partial charge in [0.25, 0.3) is 0 Å². The van der Waals surface area contributed by atoms with Crippen molar-refractivity contribution in [2.75, 3.05) is 49.3 Å². The first-order valence-corrected chi connectivity index (χ1v) is 14.5. The standard InChI is InChI=1S/C31H42N2O4/c1-2-6-10-22-35-27-16-14-18-29-31(27)33-20-19-32(25-33)30-26(34-21-9-5-1)15-13-17-28(30)36-23-11-7-3-4-8-12-24-37-29/h13-18H,1-12,19-24H2. The van der Waals surface area contributed by atoms with Crippen LogP contribution < -0.4 is 28.7 Å². The molecule has 200 valence electrons. The Morgan fingerprint density at radius 1 is 0.432 bits per heavy atom. The number of anilines is 2. The Morgan fingerprint density at radius 2 is 0.730 bits per heavy atom. The molecular weight excluding hydrogens is 464 g/mol. The van der Waals surface area contributed by atoms with Crippen molar-refractivity contribution >= 4 is 11.4 Å². The molecule has 2 aromatic carbocycles. The van der Waals surface area contributed by atoms with Crippen LogP contribution in [0.2, 0.25) is 0 Å². The lowest BCUT2D eigenvalue weighted by molar-refractivity contribution is 0.284. The average Bonchev–Trinajstić information content (AvgIpc) is 3.39. The lowest BCUT2D eigenvalue weighted by Crippen LogP contribution is -2.21. The topological polar surface area (TPSA) is 43.4 Å². The highest BCUT2D eigenvalue weighted by Gasteiger charge is 2.31. The zero-order valence-corrected chi connectivity index (χ0v) is 22.2. The van der Waals surface area contributed by atoms with E-state index in [1.165, 1.54) is 51.4 Å². The number of benzene rings is 2. The van der Waals surface area contributed by atoms with E-state index in [0.717, 1.165) is 99.6 Å². The number of para-hydroxylation sites is 2. The second-order valence-corrected chi connectivity index (χ2v) is 10.2. The Hall–Kier alpha value is -2.76. The molecule has 4 bridgehead atoms. The molecule has 0 unspecified atom stereocenters. The van der Waals surface area contributed by atoms with Crippen molar-refractivity contribution in [3.63, 3.8) is 0 Å². The van der Waals surface area contributed by atoms with Gasteiger partial charge in [-0.15, -0.1) is 0 Å². The molecule has 1 saturated heterocycles. The predicted molar refractivity (Wildman–Crippen MR) is 148 cm³/mol. The van der Waals surface area contributed by atoms with E-state index in [9.17, 15) is 0 Å². The monoisotopic (exact) mass is 506 g/mol. The minimum Gasteiger partial charge on any atom is -0.491 e. The van der Waals surface area contributed by atoms with Gasteiger partial charge in [0.1, 0.15) is 34.4 Å². The van der Waals surface area contributed by atoms with Crippen molar-refractivity contribution in [1.82, 2.24) is 0 Å². The van der Waals surface area contributed by atoms with Gasteiger partial charge < -0.3 is 28.7 Å². The predicted octanol–water partition coefficient (Wildman–Crippen LogP) is 7.23. The molecule has 0 N–H and O–H groups in total. The molecule has 3 aliphatic rings. The van der Waals surface area contributed by atoms with Gasteiger partial charge in [0, 0.05) is 13.1 Å². The maximum absolute atomic E-state index is 6.36. The highest BCUT2D eigenvalue weighted by atomic mass is 16.5. The fourth-order valence-corrected chi connectivity index (χ4v) is 5.32. The summed E-state index contributed by atoms with van der Waals surface area (Å²) in [5.41, 5.74) is 1.94. The van der Waals surface area contributed by atoms with Gasteiger partial charge in [0.2, 0.25) is 6.67 Å². The zero-order valence-electron chi connectivity index (χ0n) is 22.2. The highest BCUT2D eigenvalue weighted by molar-refractivity contribution is 5.75. The van der Waals surface area contributed by atoms with Crippen molar-refractivity contribution in [2.45, 2.75) is 77.0 Å². The number of rotatable bonds is 0. The summed E-state index contributed by atoms with van der Waals surface area (Å²) in [4.78, 5) is 4.31. The first-order chi connectivity index (χ1) is 18.4. The first-order valence-electron chi connectivity index (χ1n) is 14.5. The van der Waals surface area contributed by atoms with E-state index in [4.69, 9.17) is 18.9 Å². The molecule has 0 spiro atoms. The van der Waals surface area contributed by atoms with E-state index < -0.39 is 0 Å². The first kappa shape index (κ1) is 25.9.